The Morgan fingerprint density at radius 2 is 1.43 bits per heavy atom. The number of benzene rings is 2. The van der Waals surface area contributed by atoms with Gasteiger partial charge in [-0.05, 0) is 36.8 Å². The van der Waals surface area contributed by atoms with Gasteiger partial charge in [0.05, 0.1) is 34.2 Å². The zero-order valence-electron chi connectivity index (χ0n) is 18.1. The molecule has 4 nitrogen and oxygen atoms in total. The third-order valence-electron chi connectivity index (χ3n) is 4.61. The van der Waals surface area contributed by atoms with Gasteiger partial charge in [-0.3, -0.25) is 9.59 Å². The van der Waals surface area contributed by atoms with Crippen molar-refractivity contribution >= 4 is 27.9 Å². The normalized spacial score (nSPS) is 11.3. The van der Waals surface area contributed by atoms with E-state index >= 15 is 0 Å². The fourth-order valence-corrected chi connectivity index (χ4v) is 3.71. The van der Waals surface area contributed by atoms with Gasteiger partial charge in [0.2, 0.25) is 0 Å². The van der Waals surface area contributed by atoms with Gasteiger partial charge in [0, 0.05) is 16.0 Å². The van der Waals surface area contributed by atoms with E-state index < -0.39 is 41.5 Å². The van der Waals surface area contributed by atoms with E-state index in [2.05, 4.69) is 0 Å². The molecule has 2 N–H and O–H groups in total. The van der Waals surface area contributed by atoms with Crippen LogP contribution in [-0.2, 0) is 18.8 Å². The smallest absolute Gasteiger partial charge is 0.390 e. The highest BCUT2D eigenvalue weighted by molar-refractivity contribution is 7.16. The van der Waals surface area contributed by atoms with Crippen molar-refractivity contribution in [2.45, 2.75) is 32.1 Å². The maximum Gasteiger partial charge on any atom is 0.416 e. The van der Waals surface area contributed by atoms with Crippen LogP contribution in [0.3, 0.4) is 0 Å². The maximum atomic E-state index is 12.6. The van der Waals surface area contributed by atoms with E-state index in [-0.39, 0.29) is 16.7 Å². The summed E-state index contributed by atoms with van der Waals surface area (Å²) in [6.45, 7) is 1.92. The molecule has 35 heavy (non-hydrogen) atoms. The molecule has 0 saturated carbocycles. The van der Waals surface area contributed by atoms with E-state index in [1.807, 2.05) is 6.92 Å². The highest BCUT2D eigenvalue weighted by Gasteiger charge is 2.32. The summed E-state index contributed by atoms with van der Waals surface area (Å²) in [6, 6.07) is 11.6. The van der Waals surface area contributed by atoms with Gasteiger partial charge in [0.1, 0.15) is 0 Å². The summed E-state index contributed by atoms with van der Waals surface area (Å²) < 4.78 is 74.6. The number of hydrogen-bond acceptors (Lipinski definition) is 5. The number of hydrogen-bond donors (Lipinski definition) is 1. The van der Waals surface area contributed by atoms with Crippen LogP contribution in [0.2, 0.25) is 0 Å². The average molecular weight is 512 g/mol. The van der Waals surface area contributed by atoms with Crippen LogP contribution in [0.4, 0.5) is 31.3 Å². The lowest BCUT2D eigenvalue weighted by atomic mass is 10.0. The molecule has 3 rings (SSSR count). The minimum Gasteiger partial charge on any atom is -0.390 e. The molecule has 0 bridgehead atoms. The second kappa shape index (κ2) is 11.2. The molecule has 0 aliphatic heterocycles. The quantitative estimate of drug-likeness (QED) is 0.296. The highest BCUT2D eigenvalue weighted by Crippen LogP contribution is 2.32. The van der Waals surface area contributed by atoms with Crippen molar-refractivity contribution in [2.24, 2.45) is 0 Å². The number of nitriles is 1. The van der Waals surface area contributed by atoms with E-state index in [1.165, 1.54) is 29.5 Å². The molecule has 0 radical (unpaired) electrons. The van der Waals surface area contributed by atoms with Crippen LogP contribution in [0.25, 0.3) is 0 Å². The summed E-state index contributed by atoms with van der Waals surface area (Å²) >= 11 is 1.28. The Balaban J connectivity index is 0.000000258. The number of ketones is 2. The minimum atomic E-state index is -4.47. The number of carbonyl (C=O) groups excluding carboxylic acids is 2. The molecule has 11 heteroatoms. The number of alkyl halides is 6. The van der Waals surface area contributed by atoms with Gasteiger partial charge in [-0.25, -0.2) is 0 Å². The molecule has 0 fully saturated rings. The van der Waals surface area contributed by atoms with Gasteiger partial charge >= 0.3 is 12.4 Å². The summed E-state index contributed by atoms with van der Waals surface area (Å²) in [5, 5.41) is 8.57. The van der Waals surface area contributed by atoms with Crippen LogP contribution in [0.1, 0.15) is 55.6 Å². The molecule has 0 atom stereocenters. The van der Waals surface area contributed by atoms with Crippen LogP contribution < -0.4 is 5.73 Å². The first-order chi connectivity index (χ1) is 16.3. The number of thiophene rings is 1. The van der Waals surface area contributed by atoms with Crippen LogP contribution >= 0.6 is 11.3 Å². The van der Waals surface area contributed by atoms with Crippen molar-refractivity contribution in [3.63, 3.8) is 0 Å². The molecule has 2 aromatic carbocycles. The summed E-state index contributed by atoms with van der Waals surface area (Å²) in [5.41, 5.74) is 4.20. The number of Topliss-reactive ketones (excluding diaryl/α,β-unsaturated/α-hetero) is 1. The summed E-state index contributed by atoms with van der Waals surface area (Å²) in [5.74, 6) is -1.09. The topological polar surface area (TPSA) is 83.9 Å². The van der Waals surface area contributed by atoms with Gasteiger partial charge in [-0.2, -0.15) is 31.6 Å². The molecule has 0 saturated heterocycles. The molecule has 0 amide bonds. The Hall–Kier alpha value is -3.65. The van der Waals surface area contributed by atoms with Gasteiger partial charge < -0.3 is 5.73 Å². The van der Waals surface area contributed by atoms with Gasteiger partial charge in [0.25, 0.3) is 0 Å². The van der Waals surface area contributed by atoms with E-state index in [0.717, 1.165) is 41.6 Å². The molecular formula is C24H18F6N2O2S. The van der Waals surface area contributed by atoms with Crippen LogP contribution in [0.5, 0.6) is 0 Å². The Bertz CT molecular complexity index is 1260. The average Bonchev–Trinajstić information content (AvgIpc) is 3.19. The van der Waals surface area contributed by atoms with Crippen LogP contribution in [0.15, 0.2) is 54.6 Å². The number of halogens is 6. The van der Waals surface area contributed by atoms with E-state index in [1.54, 1.807) is 12.1 Å². The maximum absolute atomic E-state index is 12.6. The fraction of sp³-hybridized carbons (Fsp3) is 0.208. The number of nitrogens with zero attached hydrogens (tertiary/aromatic N) is 1. The van der Waals surface area contributed by atoms with Crippen molar-refractivity contribution in [2.75, 3.05) is 5.73 Å². The predicted octanol–water partition coefficient (Wildman–Crippen LogP) is 6.94. The second-order valence-electron chi connectivity index (χ2n) is 7.09. The van der Waals surface area contributed by atoms with E-state index in [4.69, 9.17) is 11.0 Å². The number of rotatable bonds is 5. The van der Waals surface area contributed by atoms with E-state index in [0.29, 0.717) is 5.00 Å². The molecule has 0 aliphatic rings. The van der Waals surface area contributed by atoms with Gasteiger partial charge in [-0.15, -0.1) is 11.3 Å². The Kier molecular flexibility index (Phi) is 8.82. The number of anilines is 1. The first kappa shape index (κ1) is 27.6. The molecular weight excluding hydrogens is 494 g/mol. The molecule has 0 aliphatic carbocycles. The first-order valence-electron chi connectivity index (χ1n) is 9.95. The van der Waals surface area contributed by atoms with Crippen molar-refractivity contribution in [1.29, 1.82) is 5.26 Å². The van der Waals surface area contributed by atoms with Gasteiger partial charge in [-0.1, -0.05) is 31.2 Å². The number of nitrogen functional groups attached to an aromatic ring is 1. The Morgan fingerprint density at radius 1 is 0.914 bits per heavy atom. The molecule has 184 valence electrons. The lowest BCUT2D eigenvalue weighted by Crippen LogP contribution is -2.08. The molecule has 0 spiro atoms. The van der Waals surface area contributed by atoms with Crippen LogP contribution in [-0.4, -0.2) is 11.6 Å². The Morgan fingerprint density at radius 3 is 1.89 bits per heavy atom. The zero-order chi connectivity index (χ0) is 26.4. The number of aryl methyl sites for hydroxylation is 1. The van der Waals surface area contributed by atoms with E-state index in [9.17, 15) is 35.9 Å². The summed E-state index contributed by atoms with van der Waals surface area (Å²) in [4.78, 5) is 24.3. The predicted molar refractivity (Wildman–Crippen MR) is 119 cm³/mol. The summed E-state index contributed by atoms with van der Waals surface area (Å²) in [7, 11) is 0. The number of nitrogens with two attached hydrogens (primary N) is 1. The monoisotopic (exact) mass is 512 g/mol. The summed E-state index contributed by atoms with van der Waals surface area (Å²) in [6.07, 6.45) is -8.62. The Labute approximate surface area is 200 Å². The first-order valence-corrected chi connectivity index (χ1v) is 10.8. The molecule has 1 aromatic heterocycles. The highest BCUT2D eigenvalue weighted by atomic mass is 32.1. The minimum absolute atomic E-state index is 0.00743. The largest absolute Gasteiger partial charge is 0.416 e. The van der Waals surface area contributed by atoms with Crippen molar-refractivity contribution in [1.82, 2.24) is 0 Å². The van der Waals surface area contributed by atoms with Crippen molar-refractivity contribution < 1.29 is 35.9 Å². The second-order valence-corrected chi connectivity index (χ2v) is 8.26. The third kappa shape index (κ3) is 7.42. The van der Waals surface area contributed by atoms with Crippen molar-refractivity contribution in [3.05, 3.63) is 87.3 Å². The molecule has 1 heterocycles. The molecule has 0 unspecified atom stereocenters. The lowest BCUT2D eigenvalue weighted by Gasteiger charge is -2.08. The lowest BCUT2D eigenvalue weighted by molar-refractivity contribution is -0.138. The molecule has 3 aromatic rings. The van der Waals surface area contributed by atoms with Crippen molar-refractivity contribution in [3.8, 4) is 6.07 Å². The fourth-order valence-electron chi connectivity index (χ4n) is 2.84. The standard InChI is InChI=1S/C14H12F3NOS.C10H6F3NO/c1-2-10-7-11(13(18)20-10)12(19)8-4-3-5-9(6-8)14(15,16)17;11-10(12,13)8-3-1-2-7(6-8)9(15)4-5-14/h3-7H,2,18H2,1H3;1-3,6H,4H2. The third-order valence-corrected chi connectivity index (χ3v) is 5.72. The van der Waals surface area contributed by atoms with Crippen LogP contribution in [0, 0.1) is 11.3 Å². The number of carbonyl (C=O) groups is 2. The zero-order valence-corrected chi connectivity index (χ0v) is 18.9. The SMILES string of the molecule is CCc1cc(C(=O)c2cccc(C(F)(F)F)c2)c(N)s1.N#CCC(=O)c1cccc(C(F)(F)F)c1. The van der Waals surface area contributed by atoms with Gasteiger partial charge in [0.15, 0.2) is 11.6 Å².